The molecule has 0 saturated carbocycles. The van der Waals surface area contributed by atoms with Gasteiger partial charge in [-0.15, -0.1) is 0 Å². The van der Waals surface area contributed by atoms with E-state index in [1.54, 1.807) is 12.7 Å². The molecule has 2 heterocycles. The first-order valence-corrected chi connectivity index (χ1v) is 10.00. The topological polar surface area (TPSA) is 43.2 Å². The Balaban J connectivity index is 1.59. The molecule has 0 N–H and O–H groups in total. The quantitative estimate of drug-likeness (QED) is 0.480. The fourth-order valence-electron chi connectivity index (χ4n) is 4.24. The number of rotatable bonds is 4. The SMILES string of the molecule is CN1OC(c2ccc(Cl)cc2)CC1(Cn1cncn1)c1ccc2ccccc2c1. The van der Waals surface area contributed by atoms with Crippen molar-refractivity contribution in [3.8, 4) is 0 Å². The number of benzene rings is 3. The Morgan fingerprint density at radius 1 is 1.07 bits per heavy atom. The summed E-state index contributed by atoms with van der Waals surface area (Å²) in [5.41, 5.74) is 1.94. The molecule has 5 rings (SSSR count). The van der Waals surface area contributed by atoms with E-state index in [1.165, 1.54) is 16.3 Å². The molecule has 0 amide bonds. The summed E-state index contributed by atoms with van der Waals surface area (Å²) < 4.78 is 1.87. The van der Waals surface area contributed by atoms with E-state index in [4.69, 9.17) is 16.4 Å². The molecule has 0 bridgehead atoms. The Labute approximate surface area is 174 Å². The van der Waals surface area contributed by atoms with Gasteiger partial charge in [0, 0.05) is 18.5 Å². The van der Waals surface area contributed by atoms with Crippen LogP contribution in [0.2, 0.25) is 5.02 Å². The first-order chi connectivity index (χ1) is 14.1. The molecular formula is C23H21ClN4O. The largest absolute Gasteiger partial charge is 0.290 e. The number of aromatic nitrogens is 3. The van der Waals surface area contributed by atoms with E-state index in [2.05, 4.69) is 52.5 Å². The third kappa shape index (κ3) is 3.31. The highest BCUT2D eigenvalue weighted by atomic mass is 35.5. The van der Waals surface area contributed by atoms with Crippen LogP contribution in [0.15, 0.2) is 79.4 Å². The van der Waals surface area contributed by atoms with Crippen molar-refractivity contribution < 1.29 is 4.84 Å². The van der Waals surface area contributed by atoms with Gasteiger partial charge in [-0.05, 0) is 40.1 Å². The summed E-state index contributed by atoms with van der Waals surface area (Å²) in [5, 5.41) is 9.51. The Hall–Kier alpha value is -2.73. The second-order valence-corrected chi connectivity index (χ2v) is 7.97. The highest BCUT2D eigenvalue weighted by Gasteiger charge is 2.47. The maximum absolute atomic E-state index is 6.35. The second kappa shape index (κ2) is 7.26. The lowest BCUT2D eigenvalue weighted by atomic mass is 9.83. The van der Waals surface area contributed by atoms with Crippen LogP contribution in [0, 0.1) is 0 Å². The number of likely N-dealkylation sites (N-methyl/N-ethyl adjacent to an activating group) is 1. The van der Waals surface area contributed by atoms with Crippen LogP contribution in [0.5, 0.6) is 0 Å². The van der Waals surface area contributed by atoms with Gasteiger partial charge in [-0.2, -0.15) is 10.2 Å². The Bertz CT molecular complexity index is 1130. The van der Waals surface area contributed by atoms with Crippen LogP contribution >= 0.6 is 11.6 Å². The average Bonchev–Trinajstić information content (AvgIpc) is 3.37. The van der Waals surface area contributed by atoms with Crippen molar-refractivity contribution in [1.29, 1.82) is 0 Å². The fraction of sp³-hybridized carbons (Fsp3) is 0.217. The summed E-state index contributed by atoms with van der Waals surface area (Å²) in [4.78, 5) is 10.5. The van der Waals surface area contributed by atoms with Crippen LogP contribution < -0.4 is 0 Å². The summed E-state index contributed by atoms with van der Waals surface area (Å²) >= 11 is 6.08. The molecule has 1 aliphatic heterocycles. The molecule has 3 aromatic carbocycles. The monoisotopic (exact) mass is 404 g/mol. The zero-order chi connectivity index (χ0) is 19.8. The van der Waals surface area contributed by atoms with Crippen molar-refractivity contribution in [2.45, 2.75) is 24.6 Å². The summed E-state index contributed by atoms with van der Waals surface area (Å²) in [5.74, 6) is 0. The van der Waals surface area contributed by atoms with Gasteiger partial charge in [0.15, 0.2) is 0 Å². The fourth-order valence-corrected chi connectivity index (χ4v) is 4.36. The molecule has 4 aromatic rings. The van der Waals surface area contributed by atoms with E-state index in [0.29, 0.717) is 6.54 Å². The summed E-state index contributed by atoms with van der Waals surface area (Å²) in [6, 6.07) is 22.9. The summed E-state index contributed by atoms with van der Waals surface area (Å²) in [6.45, 7) is 0.645. The Kier molecular flexibility index (Phi) is 4.59. The second-order valence-electron chi connectivity index (χ2n) is 7.53. The van der Waals surface area contributed by atoms with E-state index in [1.807, 2.05) is 41.1 Å². The van der Waals surface area contributed by atoms with E-state index in [9.17, 15) is 0 Å². The van der Waals surface area contributed by atoms with Gasteiger partial charge in [-0.3, -0.25) is 9.52 Å². The molecule has 2 atom stereocenters. The smallest absolute Gasteiger partial charge is 0.137 e. The molecule has 0 aliphatic carbocycles. The van der Waals surface area contributed by atoms with Crippen molar-refractivity contribution in [3.05, 3.63) is 95.5 Å². The van der Waals surface area contributed by atoms with Gasteiger partial charge in [0.2, 0.25) is 0 Å². The van der Waals surface area contributed by atoms with Gasteiger partial charge in [0.05, 0.1) is 12.1 Å². The van der Waals surface area contributed by atoms with E-state index < -0.39 is 0 Å². The molecule has 1 aliphatic rings. The number of hydrogen-bond donors (Lipinski definition) is 0. The predicted octanol–water partition coefficient (Wildman–Crippen LogP) is 4.99. The molecule has 1 aromatic heterocycles. The van der Waals surface area contributed by atoms with Crippen molar-refractivity contribution in [3.63, 3.8) is 0 Å². The minimum atomic E-state index is -0.373. The molecule has 6 heteroatoms. The van der Waals surface area contributed by atoms with Gasteiger partial charge < -0.3 is 0 Å². The third-order valence-electron chi connectivity index (χ3n) is 5.83. The molecule has 1 saturated heterocycles. The maximum atomic E-state index is 6.35. The Morgan fingerprint density at radius 2 is 1.86 bits per heavy atom. The summed E-state index contributed by atoms with van der Waals surface area (Å²) in [7, 11) is 2.00. The van der Waals surface area contributed by atoms with Crippen LogP contribution in [0.3, 0.4) is 0 Å². The number of nitrogens with zero attached hydrogens (tertiary/aromatic N) is 4. The van der Waals surface area contributed by atoms with E-state index in [-0.39, 0.29) is 11.6 Å². The zero-order valence-corrected chi connectivity index (χ0v) is 16.8. The maximum Gasteiger partial charge on any atom is 0.137 e. The third-order valence-corrected chi connectivity index (χ3v) is 6.08. The van der Waals surface area contributed by atoms with Gasteiger partial charge in [-0.1, -0.05) is 60.1 Å². The van der Waals surface area contributed by atoms with Crippen LogP contribution in [0.25, 0.3) is 10.8 Å². The lowest BCUT2D eigenvalue weighted by molar-refractivity contribution is -0.176. The van der Waals surface area contributed by atoms with E-state index >= 15 is 0 Å². The normalized spacial score (nSPS) is 22.3. The van der Waals surface area contributed by atoms with Crippen LogP contribution in [-0.4, -0.2) is 26.9 Å². The molecule has 5 nitrogen and oxygen atoms in total. The Morgan fingerprint density at radius 3 is 2.62 bits per heavy atom. The number of hydroxylamine groups is 2. The number of hydrogen-bond acceptors (Lipinski definition) is 4. The van der Waals surface area contributed by atoms with Crippen molar-refractivity contribution in [2.75, 3.05) is 7.05 Å². The molecular weight excluding hydrogens is 384 g/mol. The van der Waals surface area contributed by atoms with Gasteiger partial charge in [0.1, 0.15) is 18.8 Å². The molecule has 2 unspecified atom stereocenters. The van der Waals surface area contributed by atoms with Crippen LogP contribution in [0.1, 0.15) is 23.7 Å². The lowest BCUT2D eigenvalue weighted by Crippen LogP contribution is -2.41. The van der Waals surface area contributed by atoms with Gasteiger partial charge in [0.25, 0.3) is 0 Å². The highest BCUT2D eigenvalue weighted by molar-refractivity contribution is 6.30. The minimum absolute atomic E-state index is 0.0627. The van der Waals surface area contributed by atoms with Crippen molar-refractivity contribution >= 4 is 22.4 Å². The number of halogens is 1. The van der Waals surface area contributed by atoms with E-state index in [0.717, 1.165) is 17.0 Å². The van der Waals surface area contributed by atoms with Crippen molar-refractivity contribution in [2.24, 2.45) is 0 Å². The predicted molar refractivity (Wildman–Crippen MR) is 113 cm³/mol. The molecule has 0 radical (unpaired) electrons. The van der Waals surface area contributed by atoms with Gasteiger partial charge >= 0.3 is 0 Å². The first kappa shape index (κ1) is 18.3. The molecule has 0 spiro atoms. The van der Waals surface area contributed by atoms with Crippen molar-refractivity contribution in [1.82, 2.24) is 19.8 Å². The molecule has 1 fully saturated rings. The van der Waals surface area contributed by atoms with Crippen LogP contribution in [-0.2, 0) is 16.9 Å². The number of fused-ring (bicyclic) bond motifs is 1. The zero-order valence-electron chi connectivity index (χ0n) is 16.1. The summed E-state index contributed by atoms with van der Waals surface area (Å²) in [6.07, 6.45) is 4.06. The van der Waals surface area contributed by atoms with Gasteiger partial charge in [-0.25, -0.2) is 4.98 Å². The minimum Gasteiger partial charge on any atom is -0.290 e. The molecule has 29 heavy (non-hydrogen) atoms. The highest BCUT2D eigenvalue weighted by Crippen LogP contribution is 2.47. The van der Waals surface area contributed by atoms with Crippen LogP contribution in [0.4, 0.5) is 0 Å². The standard InChI is InChI=1S/C23H21ClN4O/c1-27-23(14-28-16-25-15-26-28,13-22(29-27)18-7-10-21(24)11-8-18)20-9-6-17-4-2-3-5-19(17)12-20/h2-12,15-16,22H,13-14H2,1H3. The first-order valence-electron chi connectivity index (χ1n) is 9.62. The molecule has 146 valence electrons. The lowest BCUT2D eigenvalue weighted by Gasteiger charge is -2.34. The average molecular weight is 405 g/mol.